The van der Waals surface area contributed by atoms with Crippen LogP contribution in [0.5, 0.6) is 5.75 Å². The Kier molecular flexibility index (Phi) is 11.8. The molecule has 4 N–H and O–H groups in total. The predicted molar refractivity (Wildman–Crippen MR) is 230 cm³/mol. The number of amides is 4. The fourth-order valence-corrected chi connectivity index (χ4v) is 9.70. The topological polar surface area (TPSA) is 184 Å². The van der Waals surface area contributed by atoms with Crippen molar-refractivity contribution in [3.63, 3.8) is 0 Å². The number of methoxy groups -OCH3 is 2. The van der Waals surface area contributed by atoms with Gasteiger partial charge in [-0.05, 0) is 93.0 Å². The van der Waals surface area contributed by atoms with Crippen LogP contribution in [0.25, 0.3) is 33.9 Å². The SMILES string of the molecule is COC(=O)N[C@H](C(=O)N1CCC[C@H]1c1ncc(-c2ccc3c(c2)OC2(CCCCC2)C(c2ccc4nc([C@@H]5CCCN5C(=O)[C@@H](NC(=O)OC)C(C)C)[nH]c4c2)=C3)[nH]1)C(C)C. The number of carbonyl (C=O) groups excluding carboxylic acids is 4. The maximum absolute atomic E-state index is 13.8. The molecule has 2 saturated heterocycles. The Labute approximate surface area is 356 Å². The van der Waals surface area contributed by atoms with Crippen molar-refractivity contribution in [3.05, 3.63) is 65.4 Å². The van der Waals surface area contributed by atoms with E-state index in [1.807, 2.05) is 49.8 Å². The third-order valence-corrected chi connectivity index (χ3v) is 13.0. The van der Waals surface area contributed by atoms with E-state index in [4.69, 9.17) is 24.2 Å². The monoisotopic (exact) mass is 834 g/mol. The van der Waals surface area contributed by atoms with E-state index in [2.05, 4.69) is 57.0 Å². The number of nitrogens with one attached hydrogen (secondary N) is 4. The number of aromatic amines is 2. The fourth-order valence-electron chi connectivity index (χ4n) is 9.70. The first-order chi connectivity index (χ1) is 29.4. The molecular formula is C46H58N8O7. The Morgan fingerprint density at radius 2 is 1.38 bits per heavy atom. The summed E-state index contributed by atoms with van der Waals surface area (Å²) in [5, 5.41) is 5.45. The Bertz CT molecular complexity index is 2320. The third kappa shape index (κ3) is 8.18. The van der Waals surface area contributed by atoms with Crippen molar-refractivity contribution >= 4 is 46.7 Å². The minimum absolute atomic E-state index is 0.117. The van der Waals surface area contributed by atoms with E-state index in [9.17, 15) is 19.2 Å². The minimum Gasteiger partial charge on any atom is -0.482 e. The minimum atomic E-state index is -0.703. The lowest BCUT2D eigenvalue weighted by molar-refractivity contribution is -0.136. The van der Waals surface area contributed by atoms with E-state index in [0.717, 1.165) is 108 Å². The zero-order valence-corrected chi connectivity index (χ0v) is 36.0. The highest BCUT2D eigenvalue weighted by molar-refractivity contribution is 5.93. The molecule has 0 unspecified atom stereocenters. The van der Waals surface area contributed by atoms with Crippen LogP contribution in [0.15, 0.2) is 42.6 Å². The van der Waals surface area contributed by atoms with Crippen molar-refractivity contribution in [1.29, 1.82) is 0 Å². The zero-order valence-electron chi connectivity index (χ0n) is 36.0. The molecule has 61 heavy (non-hydrogen) atoms. The van der Waals surface area contributed by atoms with Crippen molar-refractivity contribution in [3.8, 4) is 17.0 Å². The number of aromatic nitrogens is 4. The first kappa shape index (κ1) is 41.9. The summed E-state index contributed by atoms with van der Waals surface area (Å²) in [5.41, 5.74) is 6.20. The van der Waals surface area contributed by atoms with Crippen molar-refractivity contribution in [2.24, 2.45) is 11.8 Å². The molecule has 4 amide bonds. The highest BCUT2D eigenvalue weighted by atomic mass is 16.5. The zero-order chi connectivity index (χ0) is 43.0. The van der Waals surface area contributed by atoms with Gasteiger partial charge in [-0.1, -0.05) is 52.3 Å². The molecule has 2 aromatic heterocycles. The Balaban J connectivity index is 1.05. The van der Waals surface area contributed by atoms with Crippen molar-refractivity contribution < 1.29 is 33.4 Å². The van der Waals surface area contributed by atoms with Gasteiger partial charge in [0.25, 0.3) is 0 Å². The molecule has 4 atom stereocenters. The summed E-state index contributed by atoms with van der Waals surface area (Å²) in [6.45, 7) is 8.81. The Morgan fingerprint density at radius 3 is 1.98 bits per heavy atom. The molecular weight excluding hydrogens is 777 g/mol. The second kappa shape index (κ2) is 17.3. The molecule has 3 fully saturated rings. The van der Waals surface area contributed by atoms with Gasteiger partial charge in [0.1, 0.15) is 35.1 Å². The van der Waals surface area contributed by atoms with Crippen molar-refractivity contribution in [1.82, 2.24) is 40.4 Å². The van der Waals surface area contributed by atoms with Gasteiger partial charge >= 0.3 is 12.2 Å². The van der Waals surface area contributed by atoms with Crippen molar-refractivity contribution in [2.45, 2.75) is 115 Å². The van der Waals surface area contributed by atoms with Crippen LogP contribution in [0.1, 0.15) is 120 Å². The van der Waals surface area contributed by atoms with Crippen LogP contribution in [0.3, 0.4) is 0 Å². The van der Waals surface area contributed by atoms with Gasteiger partial charge in [0, 0.05) is 29.8 Å². The molecule has 4 aromatic rings. The summed E-state index contributed by atoms with van der Waals surface area (Å²) in [6.07, 6.45) is 11.1. The Morgan fingerprint density at radius 1 is 0.770 bits per heavy atom. The molecule has 3 aliphatic heterocycles. The number of fused-ring (bicyclic) bond motifs is 2. The van der Waals surface area contributed by atoms with E-state index >= 15 is 0 Å². The molecule has 8 rings (SSSR count). The predicted octanol–water partition coefficient (Wildman–Crippen LogP) is 7.68. The number of imidazole rings is 2. The number of hydrogen-bond donors (Lipinski definition) is 4. The number of nitrogens with zero attached hydrogens (tertiary/aromatic N) is 4. The van der Waals surface area contributed by atoms with Crippen molar-refractivity contribution in [2.75, 3.05) is 27.3 Å². The van der Waals surface area contributed by atoms with E-state index < -0.39 is 29.9 Å². The van der Waals surface area contributed by atoms with Crippen LogP contribution in [-0.4, -0.2) is 98.7 Å². The summed E-state index contributed by atoms with van der Waals surface area (Å²) < 4.78 is 16.7. The number of H-pyrrole nitrogens is 2. The van der Waals surface area contributed by atoms with Gasteiger partial charge in [-0.25, -0.2) is 19.6 Å². The number of hydrogen-bond acceptors (Lipinski definition) is 9. The maximum Gasteiger partial charge on any atom is 0.407 e. The lowest BCUT2D eigenvalue weighted by Crippen LogP contribution is -2.51. The van der Waals surface area contributed by atoms with E-state index in [-0.39, 0.29) is 35.7 Å². The quantitative estimate of drug-likeness (QED) is 0.125. The normalized spacial score (nSPS) is 20.6. The third-order valence-electron chi connectivity index (χ3n) is 13.0. The first-order valence-electron chi connectivity index (χ1n) is 21.8. The van der Waals surface area contributed by atoms with Crippen LogP contribution < -0.4 is 15.4 Å². The highest BCUT2D eigenvalue weighted by Gasteiger charge is 2.43. The number of ether oxygens (including phenoxy) is 3. The molecule has 1 saturated carbocycles. The largest absolute Gasteiger partial charge is 0.482 e. The van der Waals surface area contributed by atoms with Gasteiger partial charge in [0.2, 0.25) is 11.8 Å². The molecule has 2 aromatic carbocycles. The summed E-state index contributed by atoms with van der Waals surface area (Å²) in [4.78, 5) is 72.2. The molecule has 1 spiro atoms. The molecule has 15 nitrogen and oxygen atoms in total. The second-order valence-corrected chi connectivity index (χ2v) is 17.6. The molecule has 15 heteroatoms. The van der Waals surface area contributed by atoms with Gasteiger partial charge in [-0.2, -0.15) is 0 Å². The summed E-state index contributed by atoms with van der Waals surface area (Å²) >= 11 is 0. The van der Waals surface area contributed by atoms with Gasteiger partial charge in [0.05, 0.1) is 49.2 Å². The smallest absolute Gasteiger partial charge is 0.407 e. The molecule has 324 valence electrons. The fraction of sp³-hybridized carbons (Fsp3) is 0.522. The highest BCUT2D eigenvalue weighted by Crippen LogP contribution is 2.49. The number of alkyl carbamates (subject to hydrolysis) is 2. The van der Waals surface area contributed by atoms with Crippen LogP contribution in [0.2, 0.25) is 0 Å². The van der Waals surface area contributed by atoms with Gasteiger partial charge < -0.3 is 44.6 Å². The van der Waals surface area contributed by atoms with E-state index in [1.54, 1.807) is 0 Å². The summed E-state index contributed by atoms with van der Waals surface area (Å²) in [5.74, 6) is 1.76. The summed E-state index contributed by atoms with van der Waals surface area (Å²) in [7, 11) is 2.59. The number of carbonyl (C=O) groups is 4. The van der Waals surface area contributed by atoms with Gasteiger partial charge in [-0.15, -0.1) is 0 Å². The molecule has 0 bridgehead atoms. The lowest BCUT2D eigenvalue weighted by atomic mass is 9.74. The Hall–Kier alpha value is -5.86. The molecule has 1 aliphatic carbocycles. The second-order valence-electron chi connectivity index (χ2n) is 17.6. The summed E-state index contributed by atoms with van der Waals surface area (Å²) in [6, 6.07) is 10.7. The van der Waals surface area contributed by atoms with Crippen LogP contribution in [-0.2, 0) is 19.1 Å². The average Bonchev–Trinajstić information content (AvgIpc) is 4.10. The van der Waals surface area contributed by atoms with Crippen LogP contribution in [0, 0.1) is 11.8 Å². The maximum atomic E-state index is 13.8. The van der Waals surface area contributed by atoms with Gasteiger partial charge in [0.15, 0.2) is 0 Å². The standard InChI is InChI=1S/C46H58N8O7/c1-26(2)38(51-44(57)59-5)42(55)53-20-10-12-35(53)40-47-25-34(50-40)29-14-15-30-22-31(46(61-37(30)24-29)18-8-7-9-19-46)28-16-17-32-33(23-28)49-41(48-32)36-13-11-21-54(36)43(56)39(27(3)4)52-45(58)60-6/h14-17,22-27,35-36,38-39H,7-13,18-21H2,1-6H3,(H,47,50)(H,48,49)(H,51,57)(H,52,58)/t35-,36-,38-,39-/m0/s1. The van der Waals surface area contributed by atoms with Crippen LogP contribution in [0.4, 0.5) is 9.59 Å². The van der Waals surface area contributed by atoms with Gasteiger partial charge in [-0.3, -0.25) is 9.59 Å². The molecule has 4 aliphatic rings. The number of benzene rings is 2. The average molecular weight is 835 g/mol. The molecule has 0 radical (unpaired) electrons. The van der Waals surface area contributed by atoms with E-state index in [0.29, 0.717) is 18.9 Å². The number of likely N-dealkylation sites (tertiary alicyclic amines) is 2. The van der Waals surface area contributed by atoms with Crippen LogP contribution >= 0.6 is 0 Å². The van der Waals surface area contributed by atoms with E-state index in [1.165, 1.54) is 14.2 Å². The number of rotatable bonds is 10. The first-order valence-corrected chi connectivity index (χ1v) is 21.8. The lowest BCUT2D eigenvalue weighted by Gasteiger charge is -2.43. The molecule has 5 heterocycles.